The highest BCUT2D eigenvalue weighted by atomic mass is 127. The lowest BCUT2D eigenvalue weighted by Gasteiger charge is -2.25. The van der Waals surface area contributed by atoms with Gasteiger partial charge in [-0.1, -0.05) is 13.8 Å². The minimum atomic E-state index is -0.108. The van der Waals surface area contributed by atoms with Crippen molar-refractivity contribution in [2.45, 2.75) is 26.7 Å². The molecule has 0 radical (unpaired) electrons. The van der Waals surface area contributed by atoms with Gasteiger partial charge in [0, 0.05) is 6.54 Å². The molecule has 0 saturated carbocycles. The highest BCUT2D eigenvalue weighted by Crippen LogP contribution is 2.22. The molecule has 6 heteroatoms. The fourth-order valence-corrected chi connectivity index (χ4v) is 1.98. The first-order chi connectivity index (χ1) is 7.96. The van der Waals surface area contributed by atoms with Gasteiger partial charge in [0.1, 0.15) is 9.39 Å². The van der Waals surface area contributed by atoms with Crippen LogP contribution in [0.2, 0.25) is 0 Å². The molecule has 0 aliphatic rings. The second-order valence-electron chi connectivity index (χ2n) is 4.80. The highest BCUT2D eigenvalue weighted by molar-refractivity contribution is 14.1. The zero-order valence-corrected chi connectivity index (χ0v) is 12.4. The molecule has 96 valence electrons. The summed E-state index contributed by atoms with van der Waals surface area (Å²) >= 11 is 2.00. The summed E-state index contributed by atoms with van der Waals surface area (Å²) in [5.74, 6) is 0.648. The van der Waals surface area contributed by atoms with E-state index in [1.54, 1.807) is 0 Å². The molecule has 1 heterocycles. The average molecular weight is 350 g/mol. The number of H-pyrrole nitrogens is 1. The number of aromatic nitrogens is 2. The molecular formula is C11H19IN4O. The number of nitrogens with two attached hydrogens (primary N) is 1. The summed E-state index contributed by atoms with van der Waals surface area (Å²) in [6, 6.07) is 0. The molecule has 0 unspecified atom stereocenters. The normalized spacial score (nSPS) is 11.5. The monoisotopic (exact) mass is 350 g/mol. The maximum Gasteiger partial charge on any atom is 0.266 e. The fraction of sp³-hybridized carbons (Fsp3) is 0.636. The third-order valence-corrected chi connectivity index (χ3v) is 3.59. The lowest BCUT2D eigenvalue weighted by molar-refractivity contribution is 0.350. The molecule has 0 aromatic carbocycles. The molecule has 0 amide bonds. The number of aromatic amines is 1. The number of halogens is 1. The SMILES string of the molecule is CC(C)(CCCN)CNc1nc[nH]c(=O)c1I. The molecule has 1 aromatic heterocycles. The summed E-state index contributed by atoms with van der Waals surface area (Å²) in [6.07, 6.45) is 3.48. The Bertz CT molecular complexity index is 416. The standard InChI is InChI=1S/C11H19IN4O/c1-11(2,4-3-5-13)6-14-9-8(12)10(17)16-7-15-9/h7H,3-6,13H2,1-2H3,(H2,14,15,16,17). The Labute approximate surface area is 115 Å². The summed E-state index contributed by atoms with van der Waals surface area (Å²) in [5.41, 5.74) is 5.54. The van der Waals surface area contributed by atoms with Crippen LogP contribution in [-0.2, 0) is 0 Å². The van der Waals surface area contributed by atoms with Crippen molar-refractivity contribution in [1.29, 1.82) is 0 Å². The van der Waals surface area contributed by atoms with Crippen molar-refractivity contribution >= 4 is 28.4 Å². The van der Waals surface area contributed by atoms with E-state index in [4.69, 9.17) is 5.73 Å². The topological polar surface area (TPSA) is 83.8 Å². The third-order valence-electron chi connectivity index (χ3n) is 2.59. The van der Waals surface area contributed by atoms with Crippen LogP contribution in [0.3, 0.4) is 0 Å². The first kappa shape index (κ1) is 14.4. The molecule has 0 saturated heterocycles. The van der Waals surface area contributed by atoms with Gasteiger partial charge in [0.15, 0.2) is 0 Å². The molecule has 0 aliphatic heterocycles. The van der Waals surface area contributed by atoms with Gasteiger partial charge in [0.05, 0.1) is 6.33 Å². The zero-order chi connectivity index (χ0) is 12.9. The van der Waals surface area contributed by atoms with E-state index in [-0.39, 0.29) is 11.0 Å². The quantitative estimate of drug-likeness (QED) is 0.680. The lowest BCUT2D eigenvalue weighted by atomic mass is 9.88. The second kappa shape index (κ2) is 6.34. The Morgan fingerprint density at radius 3 is 2.94 bits per heavy atom. The van der Waals surface area contributed by atoms with Crippen LogP contribution < -0.4 is 16.6 Å². The molecule has 5 nitrogen and oxygen atoms in total. The molecule has 1 rings (SSSR count). The van der Waals surface area contributed by atoms with E-state index < -0.39 is 0 Å². The van der Waals surface area contributed by atoms with Crippen LogP contribution in [-0.4, -0.2) is 23.1 Å². The highest BCUT2D eigenvalue weighted by Gasteiger charge is 2.17. The van der Waals surface area contributed by atoms with Crippen LogP contribution in [0.1, 0.15) is 26.7 Å². The Morgan fingerprint density at radius 1 is 1.59 bits per heavy atom. The summed E-state index contributed by atoms with van der Waals surface area (Å²) in [4.78, 5) is 18.0. The van der Waals surface area contributed by atoms with Gasteiger partial charge in [-0.2, -0.15) is 0 Å². The summed E-state index contributed by atoms with van der Waals surface area (Å²) in [6.45, 7) is 5.84. The van der Waals surface area contributed by atoms with Crippen LogP contribution >= 0.6 is 22.6 Å². The number of rotatable bonds is 6. The van der Waals surface area contributed by atoms with Crippen LogP contribution in [0.5, 0.6) is 0 Å². The van der Waals surface area contributed by atoms with Crippen LogP contribution in [0.25, 0.3) is 0 Å². The van der Waals surface area contributed by atoms with Gasteiger partial charge in [-0.25, -0.2) is 4.98 Å². The predicted octanol–water partition coefficient (Wildman–Crippen LogP) is 1.55. The largest absolute Gasteiger partial charge is 0.368 e. The Morgan fingerprint density at radius 2 is 2.29 bits per heavy atom. The van der Waals surface area contributed by atoms with Crippen molar-refractivity contribution in [1.82, 2.24) is 9.97 Å². The lowest BCUT2D eigenvalue weighted by Crippen LogP contribution is -2.26. The van der Waals surface area contributed by atoms with Gasteiger partial charge >= 0.3 is 0 Å². The molecule has 0 aliphatic carbocycles. The summed E-state index contributed by atoms with van der Waals surface area (Å²) in [7, 11) is 0. The molecule has 17 heavy (non-hydrogen) atoms. The number of hydrogen-bond donors (Lipinski definition) is 3. The van der Waals surface area contributed by atoms with Gasteiger partial charge in [-0.15, -0.1) is 0 Å². The van der Waals surface area contributed by atoms with Gasteiger partial charge in [0.2, 0.25) is 0 Å². The molecular weight excluding hydrogens is 331 g/mol. The fourth-order valence-electron chi connectivity index (χ4n) is 1.50. The predicted molar refractivity (Wildman–Crippen MR) is 78.1 cm³/mol. The van der Waals surface area contributed by atoms with Gasteiger partial charge in [-0.3, -0.25) is 4.79 Å². The molecule has 0 bridgehead atoms. The van der Waals surface area contributed by atoms with Crippen LogP contribution in [0.15, 0.2) is 11.1 Å². The van der Waals surface area contributed by atoms with Crippen LogP contribution in [0.4, 0.5) is 5.82 Å². The number of nitrogens with one attached hydrogen (secondary N) is 2. The van der Waals surface area contributed by atoms with E-state index in [0.29, 0.717) is 15.9 Å². The van der Waals surface area contributed by atoms with Crippen molar-refractivity contribution in [2.75, 3.05) is 18.4 Å². The average Bonchev–Trinajstić information content (AvgIpc) is 2.29. The maximum absolute atomic E-state index is 11.4. The minimum Gasteiger partial charge on any atom is -0.368 e. The van der Waals surface area contributed by atoms with Crippen molar-refractivity contribution in [3.8, 4) is 0 Å². The number of hydrogen-bond acceptors (Lipinski definition) is 4. The molecule has 0 atom stereocenters. The van der Waals surface area contributed by atoms with Gasteiger partial charge in [-0.05, 0) is 47.4 Å². The Balaban J connectivity index is 2.61. The van der Waals surface area contributed by atoms with Crippen LogP contribution in [0, 0.1) is 8.99 Å². The summed E-state index contributed by atoms with van der Waals surface area (Å²) in [5, 5.41) is 3.22. The Hall–Kier alpha value is -0.630. The van der Waals surface area contributed by atoms with Gasteiger partial charge < -0.3 is 16.0 Å². The first-order valence-electron chi connectivity index (χ1n) is 5.63. The van der Waals surface area contributed by atoms with E-state index in [0.717, 1.165) is 19.4 Å². The van der Waals surface area contributed by atoms with Crippen molar-refractivity contribution in [3.05, 3.63) is 20.3 Å². The Kier molecular flexibility index (Phi) is 5.38. The maximum atomic E-state index is 11.4. The third kappa shape index (κ3) is 4.63. The molecule has 1 aromatic rings. The number of anilines is 1. The molecule has 4 N–H and O–H groups in total. The first-order valence-corrected chi connectivity index (χ1v) is 6.71. The van der Waals surface area contributed by atoms with E-state index in [9.17, 15) is 4.79 Å². The van der Waals surface area contributed by atoms with E-state index in [2.05, 4.69) is 29.1 Å². The van der Waals surface area contributed by atoms with E-state index in [1.807, 2.05) is 22.6 Å². The van der Waals surface area contributed by atoms with Crippen molar-refractivity contribution < 1.29 is 0 Å². The minimum absolute atomic E-state index is 0.108. The van der Waals surface area contributed by atoms with Crippen molar-refractivity contribution in [2.24, 2.45) is 11.1 Å². The second-order valence-corrected chi connectivity index (χ2v) is 5.88. The van der Waals surface area contributed by atoms with Gasteiger partial charge in [0.25, 0.3) is 5.56 Å². The zero-order valence-electron chi connectivity index (χ0n) is 10.2. The van der Waals surface area contributed by atoms with Crippen molar-refractivity contribution in [3.63, 3.8) is 0 Å². The van der Waals surface area contributed by atoms with E-state index >= 15 is 0 Å². The summed E-state index contributed by atoms with van der Waals surface area (Å²) < 4.78 is 0.597. The molecule has 0 fully saturated rings. The number of nitrogens with zero attached hydrogens (tertiary/aromatic N) is 1. The smallest absolute Gasteiger partial charge is 0.266 e. The molecule has 0 spiro atoms. The van der Waals surface area contributed by atoms with E-state index in [1.165, 1.54) is 6.33 Å².